The first-order valence-corrected chi connectivity index (χ1v) is 8.85. The van der Waals surface area contributed by atoms with Crippen molar-refractivity contribution >= 4 is 17.7 Å². The van der Waals surface area contributed by atoms with Gasteiger partial charge in [-0.15, -0.1) is 0 Å². The highest BCUT2D eigenvalue weighted by molar-refractivity contribution is 5.99. The molecule has 2 rings (SSSR count). The van der Waals surface area contributed by atoms with Gasteiger partial charge in [0.05, 0.1) is 19.3 Å². The Kier molecular flexibility index (Phi) is 7.44. The first-order valence-electron chi connectivity index (χ1n) is 8.85. The van der Waals surface area contributed by atoms with Gasteiger partial charge in [-0.25, -0.2) is 4.39 Å². The van der Waals surface area contributed by atoms with Gasteiger partial charge in [0.2, 0.25) is 5.91 Å². The van der Waals surface area contributed by atoms with Gasteiger partial charge in [0.15, 0.2) is 5.78 Å². The summed E-state index contributed by atoms with van der Waals surface area (Å²) in [6.07, 6.45) is -0.242. The summed E-state index contributed by atoms with van der Waals surface area (Å²) in [5, 5.41) is 8.81. The van der Waals surface area contributed by atoms with Gasteiger partial charge in [0.25, 0.3) is 0 Å². The summed E-state index contributed by atoms with van der Waals surface area (Å²) in [6.45, 7) is 3.09. The zero-order valence-corrected chi connectivity index (χ0v) is 15.6. The molecule has 0 aliphatic carbocycles. The molecule has 1 aromatic carbocycles. The van der Waals surface area contributed by atoms with Crippen molar-refractivity contribution in [3.63, 3.8) is 0 Å². The Hall–Kier alpha value is -2.32. The molecule has 8 heteroatoms. The molecule has 0 radical (unpaired) electrons. The molecule has 1 aliphatic rings. The minimum absolute atomic E-state index is 0.0348. The number of Topliss-reactive ketones (excluding diaryl/α,β-unsaturated/α-hetero) is 1. The molecule has 148 valence electrons. The molecule has 1 aromatic rings. The van der Waals surface area contributed by atoms with Crippen LogP contribution in [0.25, 0.3) is 0 Å². The van der Waals surface area contributed by atoms with E-state index in [-0.39, 0.29) is 36.3 Å². The maximum atomic E-state index is 13.3. The minimum Gasteiger partial charge on any atom is -0.480 e. The maximum absolute atomic E-state index is 13.3. The van der Waals surface area contributed by atoms with Crippen LogP contribution in [0.3, 0.4) is 0 Å². The van der Waals surface area contributed by atoms with Gasteiger partial charge >= 0.3 is 5.97 Å². The quantitative estimate of drug-likeness (QED) is 0.684. The lowest BCUT2D eigenvalue weighted by atomic mass is 9.95. The predicted octanol–water partition coefficient (Wildman–Crippen LogP) is 1.28. The molecule has 1 aliphatic heterocycles. The van der Waals surface area contributed by atoms with Crippen LogP contribution in [0.4, 0.5) is 4.39 Å². The topological polar surface area (TPSA) is 87.2 Å². The smallest absolute Gasteiger partial charge is 0.317 e. The third-order valence-electron chi connectivity index (χ3n) is 4.45. The molecule has 0 spiro atoms. The number of carboxylic acid groups (broad SMARTS) is 1. The summed E-state index contributed by atoms with van der Waals surface area (Å²) < 4.78 is 18.9. The average molecular weight is 380 g/mol. The van der Waals surface area contributed by atoms with E-state index in [0.717, 1.165) is 0 Å². The number of ketones is 1. The van der Waals surface area contributed by atoms with Crippen molar-refractivity contribution in [3.8, 4) is 0 Å². The molecular weight excluding hydrogens is 355 g/mol. The fourth-order valence-electron chi connectivity index (χ4n) is 3.11. The third-order valence-corrected chi connectivity index (χ3v) is 4.45. The average Bonchev–Trinajstić information content (AvgIpc) is 2.60. The van der Waals surface area contributed by atoms with Crippen molar-refractivity contribution in [1.82, 2.24) is 9.80 Å². The molecular formula is C19H25FN2O5. The number of nitrogens with zero attached hydrogens (tertiary/aromatic N) is 2. The third kappa shape index (κ3) is 6.41. The van der Waals surface area contributed by atoms with Crippen LogP contribution in [0.5, 0.6) is 0 Å². The fourth-order valence-corrected chi connectivity index (χ4v) is 3.11. The number of hydrogen-bond donors (Lipinski definition) is 1. The standard InChI is InChI=1S/C19H25FN2O5/c1-13(19(26)14-4-3-5-15(20)9-14)8-17(23)22-6-7-27-16(11-22)10-21(2)12-18(24)25/h3-5,9,13,16H,6-8,10-12H2,1-2H3,(H,24,25). The SMILES string of the molecule is CC(CC(=O)N1CCOC(CN(C)CC(=O)O)C1)C(=O)c1cccc(F)c1. The number of aliphatic carboxylic acids is 1. The number of benzene rings is 1. The van der Waals surface area contributed by atoms with Crippen molar-refractivity contribution in [2.75, 3.05) is 39.8 Å². The summed E-state index contributed by atoms with van der Waals surface area (Å²) in [4.78, 5) is 39.0. The highest BCUT2D eigenvalue weighted by atomic mass is 19.1. The van der Waals surface area contributed by atoms with Crippen LogP contribution in [-0.2, 0) is 14.3 Å². The van der Waals surface area contributed by atoms with Crippen molar-refractivity contribution in [2.45, 2.75) is 19.4 Å². The minimum atomic E-state index is -0.925. The van der Waals surface area contributed by atoms with E-state index in [1.165, 1.54) is 24.3 Å². The van der Waals surface area contributed by atoms with Crippen LogP contribution in [0.1, 0.15) is 23.7 Å². The molecule has 0 bridgehead atoms. The zero-order valence-electron chi connectivity index (χ0n) is 15.6. The number of amides is 1. The van der Waals surface area contributed by atoms with Crippen LogP contribution < -0.4 is 0 Å². The van der Waals surface area contributed by atoms with Gasteiger partial charge in [0.1, 0.15) is 5.82 Å². The Morgan fingerprint density at radius 1 is 1.41 bits per heavy atom. The van der Waals surface area contributed by atoms with Crippen molar-refractivity contribution in [2.24, 2.45) is 5.92 Å². The number of rotatable bonds is 8. The van der Waals surface area contributed by atoms with Crippen LogP contribution in [0.15, 0.2) is 24.3 Å². The molecule has 7 nitrogen and oxygen atoms in total. The lowest BCUT2D eigenvalue weighted by molar-refractivity contribution is -0.142. The van der Waals surface area contributed by atoms with Gasteiger partial charge in [-0.05, 0) is 19.2 Å². The molecule has 0 aromatic heterocycles. The highest BCUT2D eigenvalue weighted by Crippen LogP contribution is 2.16. The summed E-state index contributed by atoms with van der Waals surface area (Å²) in [5.74, 6) is -2.41. The first-order chi connectivity index (χ1) is 12.8. The molecule has 2 atom stereocenters. The molecule has 1 saturated heterocycles. The fraction of sp³-hybridized carbons (Fsp3) is 0.526. The Labute approximate surface area is 157 Å². The van der Waals surface area contributed by atoms with Crippen molar-refractivity contribution < 1.29 is 28.6 Å². The number of carbonyl (C=O) groups is 3. The lowest BCUT2D eigenvalue weighted by Crippen LogP contribution is -2.50. The Balaban J connectivity index is 1.88. The van der Waals surface area contributed by atoms with E-state index in [9.17, 15) is 18.8 Å². The number of carboxylic acids is 1. The molecule has 27 heavy (non-hydrogen) atoms. The largest absolute Gasteiger partial charge is 0.480 e. The molecule has 1 N–H and O–H groups in total. The van der Waals surface area contributed by atoms with Gasteiger partial charge < -0.3 is 14.7 Å². The predicted molar refractivity (Wildman–Crippen MR) is 96.0 cm³/mol. The van der Waals surface area contributed by atoms with Gasteiger partial charge in [-0.1, -0.05) is 19.1 Å². The van der Waals surface area contributed by atoms with Gasteiger partial charge in [-0.3, -0.25) is 19.3 Å². The van der Waals surface area contributed by atoms with E-state index < -0.39 is 17.7 Å². The number of carbonyl (C=O) groups excluding carboxylic acids is 2. The van der Waals surface area contributed by atoms with Crippen LogP contribution in [-0.4, -0.2) is 78.5 Å². The Morgan fingerprint density at radius 3 is 2.81 bits per heavy atom. The van der Waals surface area contributed by atoms with Gasteiger partial charge in [-0.2, -0.15) is 0 Å². The number of likely N-dealkylation sites (N-methyl/N-ethyl adjacent to an activating group) is 1. The van der Waals surface area contributed by atoms with Crippen molar-refractivity contribution in [3.05, 3.63) is 35.6 Å². The Morgan fingerprint density at radius 2 is 2.15 bits per heavy atom. The zero-order chi connectivity index (χ0) is 20.0. The molecule has 1 heterocycles. The second kappa shape index (κ2) is 9.57. The van der Waals surface area contributed by atoms with Crippen LogP contribution in [0.2, 0.25) is 0 Å². The van der Waals surface area contributed by atoms with Crippen LogP contribution >= 0.6 is 0 Å². The van der Waals surface area contributed by atoms with E-state index >= 15 is 0 Å². The monoisotopic (exact) mass is 380 g/mol. The van der Waals surface area contributed by atoms with E-state index in [4.69, 9.17) is 9.84 Å². The van der Waals surface area contributed by atoms with Gasteiger partial charge in [0, 0.05) is 37.5 Å². The van der Waals surface area contributed by atoms with E-state index in [2.05, 4.69) is 0 Å². The number of halogens is 1. The second-order valence-corrected chi connectivity index (χ2v) is 6.90. The highest BCUT2D eigenvalue weighted by Gasteiger charge is 2.28. The summed E-state index contributed by atoms with van der Waals surface area (Å²) in [5.41, 5.74) is 0.255. The van der Waals surface area contributed by atoms with E-state index in [1.54, 1.807) is 23.8 Å². The molecule has 2 unspecified atom stereocenters. The van der Waals surface area contributed by atoms with E-state index in [1.807, 2.05) is 0 Å². The number of morpholine rings is 1. The lowest BCUT2D eigenvalue weighted by Gasteiger charge is -2.35. The normalized spacial score (nSPS) is 18.4. The number of hydrogen-bond acceptors (Lipinski definition) is 5. The second-order valence-electron chi connectivity index (χ2n) is 6.90. The maximum Gasteiger partial charge on any atom is 0.317 e. The summed E-state index contributed by atoms with van der Waals surface area (Å²) in [6, 6.07) is 5.45. The van der Waals surface area contributed by atoms with E-state index in [0.29, 0.717) is 26.2 Å². The number of ether oxygens (including phenoxy) is 1. The Bertz CT molecular complexity index is 696. The molecule has 1 amide bonds. The molecule has 0 saturated carbocycles. The summed E-state index contributed by atoms with van der Waals surface area (Å²) in [7, 11) is 1.68. The summed E-state index contributed by atoms with van der Waals surface area (Å²) >= 11 is 0. The first kappa shape index (κ1) is 21.0. The van der Waals surface area contributed by atoms with Crippen LogP contribution in [0, 0.1) is 11.7 Å². The molecule has 1 fully saturated rings. The van der Waals surface area contributed by atoms with Crippen molar-refractivity contribution in [1.29, 1.82) is 0 Å².